The Hall–Kier alpha value is -0.940. The van der Waals surface area contributed by atoms with Gasteiger partial charge in [0.1, 0.15) is 0 Å². The summed E-state index contributed by atoms with van der Waals surface area (Å²) in [4.78, 5) is 7.66. The van der Waals surface area contributed by atoms with Crippen LogP contribution in [0.2, 0.25) is 0 Å². The minimum Gasteiger partial charge on any atom is -0.377 e. The smallest absolute Gasteiger partial charge is 0.0714 e. The van der Waals surface area contributed by atoms with Crippen molar-refractivity contribution in [1.29, 1.82) is 0 Å². The third-order valence-electron chi connectivity index (χ3n) is 5.64. The lowest BCUT2D eigenvalue weighted by Gasteiger charge is -2.34. The van der Waals surface area contributed by atoms with Gasteiger partial charge < -0.3 is 14.5 Å². The zero-order chi connectivity index (χ0) is 17.5. The highest BCUT2D eigenvalue weighted by Crippen LogP contribution is 2.13. The first-order valence-corrected chi connectivity index (χ1v) is 10.1. The normalized spacial score (nSPS) is 23.4. The van der Waals surface area contributed by atoms with E-state index in [1.54, 1.807) is 0 Å². The van der Waals surface area contributed by atoms with Gasteiger partial charge in [-0.2, -0.15) is 0 Å². The van der Waals surface area contributed by atoms with Crippen LogP contribution in [0.25, 0.3) is 0 Å². The summed E-state index contributed by atoms with van der Waals surface area (Å²) in [6.45, 7) is 15.8. The standard InChI is InChI=1S/C21H35N3O/c1-3-22-11-9-21(18-22)25-16-4-10-23-12-14-24(15-13-23)17-20-7-5-19(2)6-8-20/h5-8,21H,3-4,9-18H2,1-2H3/t21-/m1/s1. The van der Waals surface area contributed by atoms with Gasteiger partial charge >= 0.3 is 0 Å². The molecule has 0 radical (unpaired) electrons. The number of rotatable bonds is 8. The van der Waals surface area contributed by atoms with Crippen molar-refractivity contribution < 1.29 is 4.74 Å². The molecule has 3 rings (SSSR count). The zero-order valence-electron chi connectivity index (χ0n) is 16.1. The van der Waals surface area contributed by atoms with Crippen LogP contribution in [-0.4, -0.2) is 79.8 Å². The van der Waals surface area contributed by atoms with Gasteiger partial charge in [-0.15, -0.1) is 0 Å². The molecule has 0 amide bonds. The van der Waals surface area contributed by atoms with Crippen LogP contribution in [0.3, 0.4) is 0 Å². The number of aryl methyl sites for hydroxylation is 1. The molecule has 0 spiro atoms. The van der Waals surface area contributed by atoms with E-state index in [9.17, 15) is 0 Å². The Morgan fingerprint density at radius 3 is 2.36 bits per heavy atom. The Kier molecular flexibility index (Phi) is 7.29. The summed E-state index contributed by atoms with van der Waals surface area (Å²) in [7, 11) is 0. The third-order valence-corrected chi connectivity index (χ3v) is 5.64. The van der Waals surface area contributed by atoms with E-state index in [1.807, 2.05) is 0 Å². The van der Waals surface area contributed by atoms with Crippen molar-refractivity contribution >= 4 is 0 Å². The van der Waals surface area contributed by atoms with Gasteiger partial charge in [-0.05, 0) is 31.9 Å². The van der Waals surface area contributed by atoms with Crippen LogP contribution in [0.15, 0.2) is 24.3 Å². The molecule has 25 heavy (non-hydrogen) atoms. The van der Waals surface area contributed by atoms with Crippen molar-refractivity contribution in [2.75, 3.05) is 59.0 Å². The number of likely N-dealkylation sites (tertiary alicyclic amines) is 1. The van der Waals surface area contributed by atoms with Crippen LogP contribution >= 0.6 is 0 Å². The molecule has 2 aliphatic heterocycles. The highest BCUT2D eigenvalue weighted by atomic mass is 16.5. The molecule has 0 aliphatic carbocycles. The average molecular weight is 346 g/mol. The Labute approximate surface area is 153 Å². The number of benzene rings is 1. The Morgan fingerprint density at radius 2 is 1.68 bits per heavy atom. The highest BCUT2D eigenvalue weighted by molar-refractivity contribution is 5.21. The molecule has 2 saturated heterocycles. The van der Waals surface area contributed by atoms with Gasteiger partial charge in [0.15, 0.2) is 0 Å². The minimum atomic E-state index is 0.478. The van der Waals surface area contributed by atoms with Gasteiger partial charge in [-0.1, -0.05) is 36.8 Å². The van der Waals surface area contributed by atoms with Crippen LogP contribution in [0, 0.1) is 6.92 Å². The molecule has 0 saturated carbocycles. The topological polar surface area (TPSA) is 19.0 Å². The Morgan fingerprint density at radius 1 is 0.960 bits per heavy atom. The largest absolute Gasteiger partial charge is 0.377 e. The summed E-state index contributed by atoms with van der Waals surface area (Å²) in [5.74, 6) is 0. The van der Waals surface area contributed by atoms with E-state index in [-0.39, 0.29) is 0 Å². The van der Waals surface area contributed by atoms with Crippen molar-refractivity contribution in [3.63, 3.8) is 0 Å². The molecule has 4 nitrogen and oxygen atoms in total. The average Bonchev–Trinajstić information content (AvgIpc) is 3.10. The van der Waals surface area contributed by atoms with Gasteiger partial charge in [-0.3, -0.25) is 4.90 Å². The zero-order valence-corrected chi connectivity index (χ0v) is 16.1. The number of hydrogen-bond acceptors (Lipinski definition) is 4. The van der Waals surface area contributed by atoms with Crippen molar-refractivity contribution in [1.82, 2.24) is 14.7 Å². The second-order valence-corrected chi connectivity index (χ2v) is 7.63. The maximum absolute atomic E-state index is 6.06. The Bertz CT molecular complexity index is 496. The van der Waals surface area contributed by atoms with Crippen molar-refractivity contribution in [2.45, 2.75) is 39.3 Å². The molecule has 0 aromatic heterocycles. The predicted octanol–water partition coefficient (Wildman–Crippen LogP) is 2.61. The SMILES string of the molecule is CCN1CC[C@@H](OCCCN2CCN(Cc3ccc(C)cc3)CC2)C1. The monoisotopic (exact) mass is 345 g/mol. The molecular weight excluding hydrogens is 310 g/mol. The van der Waals surface area contributed by atoms with Crippen molar-refractivity contribution in [2.24, 2.45) is 0 Å². The maximum Gasteiger partial charge on any atom is 0.0714 e. The first-order valence-electron chi connectivity index (χ1n) is 10.1. The first-order chi connectivity index (χ1) is 12.2. The predicted molar refractivity (Wildman–Crippen MR) is 104 cm³/mol. The number of piperazine rings is 1. The molecule has 0 N–H and O–H groups in total. The summed E-state index contributed by atoms with van der Waals surface area (Å²) < 4.78 is 6.06. The van der Waals surface area contributed by atoms with E-state index in [0.717, 1.165) is 26.2 Å². The molecule has 4 heteroatoms. The molecule has 2 aliphatic rings. The molecule has 1 atom stereocenters. The van der Waals surface area contributed by atoms with Crippen LogP contribution in [-0.2, 0) is 11.3 Å². The minimum absolute atomic E-state index is 0.478. The number of ether oxygens (including phenoxy) is 1. The molecule has 2 heterocycles. The lowest BCUT2D eigenvalue weighted by Crippen LogP contribution is -2.46. The van der Waals surface area contributed by atoms with Gasteiger partial charge in [0.05, 0.1) is 6.10 Å². The first kappa shape index (κ1) is 18.8. The van der Waals surface area contributed by atoms with Gasteiger partial charge in [0.25, 0.3) is 0 Å². The fourth-order valence-electron chi connectivity index (χ4n) is 3.88. The fraction of sp³-hybridized carbons (Fsp3) is 0.714. The van der Waals surface area contributed by atoms with Crippen LogP contribution in [0.4, 0.5) is 0 Å². The summed E-state index contributed by atoms with van der Waals surface area (Å²) in [5.41, 5.74) is 2.78. The van der Waals surface area contributed by atoms with Crippen LogP contribution in [0.5, 0.6) is 0 Å². The number of nitrogens with zero attached hydrogens (tertiary/aromatic N) is 3. The second-order valence-electron chi connectivity index (χ2n) is 7.63. The quantitative estimate of drug-likeness (QED) is 0.674. The summed E-state index contributed by atoms with van der Waals surface area (Å²) in [5, 5.41) is 0. The summed E-state index contributed by atoms with van der Waals surface area (Å²) >= 11 is 0. The Balaban J connectivity index is 1.26. The van der Waals surface area contributed by atoms with Gasteiger partial charge in [0.2, 0.25) is 0 Å². The molecule has 0 unspecified atom stereocenters. The molecule has 0 bridgehead atoms. The maximum atomic E-state index is 6.06. The van der Waals surface area contributed by atoms with E-state index in [1.165, 1.54) is 63.2 Å². The molecular formula is C21H35N3O. The second kappa shape index (κ2) is 9.67. The van der Waals surface area contributed by atoms with E-state index in [0.29, 0.717) is 6.10 Å². The van der Waals surface area contributed by atoms with E-state index in [2.05, 4.69) is 52.8 Å². The number of hydrogen-bond donors (Lipinski definition) is 0. The summed E-state index contributed by atoms with van der Waals surface area (Å²) in [6, 6.07) is 8.97. The van der Waals surface area contributed by atoms with Gasteiger partial charge in [-0.25, -0.2) is 0 Å². The van der Waals surface area contributed by atoms with E-state index >= 15 is 0 Å². The third kappa shape index (κ3) is 6.07. The lowest BCUT2D eigenvalue weighted by atomic mass is 10.1. The summed E-state index contributed by atoms with van der Waals surface area (Å²) in [6.07, 6.45) is 2.86. The van der Waals surface area contributed by atoms with E-state index < -0.39 is 0 Å². The molecule has 1 aromatic rings. The van der Waals surface area contributed by atoms with Gasteiger partial charge in [0, 0.05) is 59.0 Å². The molecule has 1 aromatic carbocycles. The van der Waals surface area contributed by atoms with Crippen LogP contribution in [0.1, 0.15) is 30.9 Å². The number of likely N-dealkylation sites (N-methyl/N-ethyl adjacent to an activating group) is 1. The van der Waals surface area contributed by atoms with Crippen LogP contribution < -0.4 is 0 Å². The fourth-order valence-corrected chi connectivity index (χ4v) is 3.88. The van der Waals surface area contributed by atoms with Crippen molar-refractivity contribution in [3.8, 4) is 0 Å². The highest BCUT2D eigenvalue weighted by Gasteiger charge is 2.21. The molecule has 2 fully saturated rings. The van der Waals surface area contributed by atoms with Crippen molar-refractivity contribution in [3.05, 3.63) is 35.4 Å². The molecule has 140 valence electrons. The lowest BCUT2D eigenvalue weighted by molar-refractivity contribution is 0.0479. The van der Waals surface area contributed by atoms with E-state index in [4.69, 9.17) is 4.74 Å².